The van der Waals surface area contributed by atoms with Crippen molar-refractivity contribution in [1.82, 2.24) is 5.32 Å². The summed E-state index contributed by atoms with van der Waals surface area (Å²) in [4.78, 5) is 23.0. The maximum absolute atomic E-state index is 11.8. The fourth-order valence-corrected chi connectivity index (χ4v) is 2.05. The molecule has 1 aliphatic rings. The van der Waals surface area contributed by atoms with Crippen molar-refractivity contribution >= 4 is 11.7 Å². The van der Waals surface area contributed by atoms with E-state index < -0.39 is 0 Å². The largest absolute Gasteiger partial charge is 0.353 e. The first-order chi connectivity index (χ1) is 7.30. The van der Waals surface area contributed by atoms with Crippen molar-refractivity contribution in [3.63, 3.8) is 0 Å². The van der Waals surface area contributed by atoms with Crippen LogP contribution >= 0.6 is 0 Å². The first-order valence-electron chi connectivity index (χ1n) is 6.12. The van der Waals surface area contributed by atoms with E-state index in [1.807, 2.05) is 20.8 Å². The van der Waals surface area contributed by atoms with E-state index in [0.29, 0.717) is 5.78 Å². The van der Waals surface area contributed by atoms with Crippen LogP contribution in [0.25, 0.3) is 0 Å². The van der Waals surface area contributed by atoms with Crippen LogP contribution in [0.15, 0.2) is 0 Å². The quantitative estimate of drug-likeness (QED) is 0.783. The molecule has 0 saturated heterocycles. The zero-order chi connectivity index (χ0) is 12.3. The maximum Gasteiger partial charge on any atom is 0.225 e. The summed E-state index contributed by atoms with van der Waals surface area (Å²) in [7, 11) is 0. The molecule has 0 aromatic rings. The number of rotatable bonds is 2. The van der Waals surface area contributed by atoms with E-state index >= 15 is 0 Å². The van der Waals surface area contributed by atoms with E-state index in [2.05, 4.69) is 5.32 Å². The van der Waals surface area contributed by atoms with Crippen LogP contribution in [0.5, 0.6) is 0 Å². The molecule has 0 bridgehead atoms. The topological polar surface area (TPSA) is 46.2 Å². The summed E-state index contributed by atoms with van der Waals surface area (Å²) in [6.07, 6.45) is 3.72. The van der Waals surface area contributed by atoms with Crippen molar-refractivity contribution in [3.8, 4) is 0 Å². The van der Waals surface area contributed by atoms with Crippen molar-refractivity contribution in [2.45, 2.75) is 59.4 Å². The van der Waals surface area contributed by atoms with Gasteiger partial charge in [0.15, 0.2) is 0 Å². The molecule has 1 rings (SSSR count). The van der Waals surface area contributed by atoms with Gasteiger partial charge in [0.1, 0.15) is 5.78 Å². The first-order valence-corrected chi connectivity index (χ1v) is 6.12. The third kappa shape index (κ3) is 3.62. The van der Waals surface area contributed by atoms with E-state index in [4.69, 9.17) is 0 Å². The molecule has 0 heterocycles. The molecular weight excluding hydrogens is 202 g/mol. The molecule has 92 valence electrons. The lowest BCUT2D eigenvalue weighted by Crippen LogP contribution is -2.43. The Labute approximate surface area is 98.0 Å². The minimum Gasteiger partial charge on any atom is -0.353 e. The summed E-state index contributed by atoms with van der Waals surface area (Å²) in [5.41, 5.74) is -0.322. The maximum atomic E-state index is 11.8. The van der Waals surface area contributed by atoms with Gasteiger partial charge in [0.25, 0.3) is 0 Å². The second-order valence-corrected chi connectivity index (χ2v) is 5.88. The predicted octanol–water partition coefficient (Wildman–Crippen LogP) is 2.30. The molecule has 1 aliphatic carbocycles. The van der Waals surface area contributed by atoms with Crippen LogP contribution in [0.2, 0.25) is 0 Å². The summed E-state index contributed by atoms with van der Waals surface area (Å²) < 4.78 is 0. The molecule has 0 radical (unpaired) electrons. The van der Waals surface area contributed by atoms with Gasteiger partial charge in [-0.3, -0.25) is 9.59 Å². The highest BCUT2D eigenvalue weighted by Gasteiger charge is 2.28. The molecule has 1 N–H and O–H groups in total. The van der Waals surface area contributed by atoms with E-state index in [1.54, 1.807) is 6.92 Å². The van der Waals surface area contributed by atoms with Crippen molar-refractivity contribution in [2.24, 2.45) is 11.3 Å². The van der Waals surface area contributed by atoms with E-state index in [-0.39, 0.29) is 23.3 Å². The molecule has 16 heavy (non-hydrogen) atoms. The lowest BCUT2D eigenvalue weighted by Gasteiger charge is -2.30. The number of amides is 1. The highest BCUT2D eigenvalue weighted by atomic mass is 16.2. The Balaban J connectivity index is 2.38. The minimum atomic E-state index is -0.322. The normalized spacial score (nSPS) is 26.2. The number of hydrogen-bond acceptors (Lipinski definition) is 2. The number of Topliss-reactive ketones (excluding diaryl/α,β-unsaturated/α-hetero) is 1. The van der Waals surface area contributed by atoms with Crippen LogP contribution in [0.3, 0.4) is 0 Å². The summed E-state index contributed by atoms with van der Waals surface area (Å²) >= 11 is 0. The SMILES string of the molecule is CC(=O)[C@H]1CC[C@@H](NC(=O)C(C)(C)C)CC1. The average molecular weight is 225 g/mol. The van der Waals surface area contributed by atoms with Crippen molar-refractivity contribution in [2.75, 3.05) is 0 Å². The van der Waals surface area contributed by atoms with Gasteiger partial charge in [-0.2, -0.15) is 0 Å². The first kappa shape index (κ1) is 13.2. The van der Waals surface area contributed by atoms with Crippen LogP contribution < -0.4 is 5.32 Å². The number of hydrogen-bond donors (Lipinski definition) is 1. The van der Waals surface area contributed by atoms with E-state index in [1.165, 1.54) is 0 Å². The molecule has 0 aromatic heterocycles. The fourth-order valence-electron chi connectivity index (χ4n) is 2.05. The van der Waals surface area contributed by atoms with Crippen LogP contribution in [0.1, 0.15) is 53.4 Å². The third-order valence-corrected chi connectivity index (χ3v) is 3.32. The number of carbonyl (C=O) groups is 2. The van der Waals surface area contributed by atoms with Gasteiger partial charge >= 0.3 is 0 Å². The predicted molar refractivity (Wildman–Crippen MR) is 64.0 cm³/mol. The van der Waals surface area contributed by atoms with Gasteiger partial charge in [0.2, 0.25) is 5.91 Å². The molecule has 0 atom stereocenters. The molecule has 3 nitrogen and oxygen atoms in total. The highest BCUT2D eigenvalue weighted by Crippen LogP contribution is 2.25. The lowest BCUT2D eigenvalue weighted by molar-refractivity contribution is -0.129. The number of ketones is 1. The molecule has 0 aromatic carbocycles. The lowest BCUT2D eigenvalue weighted by atomic mass is 9.83. The second kappa shape index (κ2) is 4.98. The van der Waals surface area contributed by atoms with Gasteiger partial charge in [0.05, 0.1) is 0 Å². The Hall–Kier alpha value is -0.860. The standard InChI is InChI=1S/C13H23NO2/c1-9(15)10-5-7-11(8-6-10)14-12(16)13(2,3)4/h10-11H,5-8H2,1-4H3,(H,14,16)/t10-,11+. The molecule has 1 amide bonds. The van der Waals surface area contributed by atoms with Crippen LogP contribution in [0, 0.1) is 11.3 Å². The van der Waals surface area contributed by atoms with E-state index in [0.717, 1.165) is 25.7 Å². The zero-order valence-corrected chi connectivity index (χ0v) is 10.8. The monoisotopic (exact) mass is 225 g/mol. The second-order valence-electron chi connectivity index (χ2n) is 5.88. The highest BCUT2D eigenvalue weighted by molar-refractivity contribution is 5.81. The zero-order valence-electron chi connectivity index (χ0n) is 10.8. The molecule has 0 unspecified atom stereocenters. The van der Waals surface area contributed by atoms with Crippen molar-refractivity contribution in [1.29, 1.82) is 0 Å². The molecular formula is C13H23NO2. The van der Waals surface area contributed by atoms with Gasteiger partial charge in [-0.1, -0.05) is 20.8 Å². The summed E-state index contributed by atoms with van der Waals surface area (Å²) in [6, 6.07) is 0.266. The van der Waals surface area contributed by atoms with Crippen molar-refractivity contribution in [3.05, 3.63) is 0 Å². The van der Waals surface area contributed by atoms with Gasteiger partial charge in [-0.15, -0.1) is 0 Å². The molecule has 1 fully saturated rings. The van der Waals surface area contributed by atoms with Gasteiger partial charge in [-0.25, -0.2) is 0 Å². The molecule has 1 saturated carbocycles. The van der Waals surface area contributed by atoms with Gasteiger partial charge in [0, 0.05) is 17.4 Å². The van der Waals surface area contributed by atoms with Crippen molar-refractivity contribution < 1.29 is 9.59 Å². The Morgan fingerprint density at radius 3 is 1.94 bits per heavy atom. The van der Waals surface area contributed by atoms with Gasteiger partial charge in [-0.05, 0) is 32.6 Å². The number of carbonyl (C=O) groups excluding carboxylic acids is 2. The fraction of sp³-hybridized carbons (Fsp3) is 0.846. The Kier molecular flexibility index (Phi) is 4.11. The molecule has 0 spiro atoms. The summed E-state index contributed by atoms with van der Waals surface area (Å²) in [5.74, 6) is 0.627. The minimum absolute atomic E-state index is 0.110. The van der Waals surface area contributed by atoms with Crippen LogP contribution in [-0.2, 0) is 9.59 Å². The Morgan fingerprint density at radius 2 is 1.56 bits per heavy atom. The average Bonchev–Trinajstić information content (AvgIpc) is 2.17. The molecule has 0 aliphatic heterocycles. The van der Waals surface area contributed by atoms with Gasteiger partial charge < -0.3 is 5.32 Å². The number of nitrogens with one attached hydrogen (secondary N) is 1. The Morgan fingerprint density at radius 1 is 1.06 bits per heavy atom. The molecule has 3 heteroatoms. The van der Waals surface area contributed by atoms with Crippen LogP contribution in [0.4, 0.5) is 0 Å². The van der Waals surface area contributed by atoms with Crippen LogP contribution in [-0.4, -0.2) is 17.7 Å². The van der Waals surface area contributed by atoms with E-state index in [9.17, 15) is 9.59 Å². The summed E-state index contributed by atoms with van der Waals surface area (Å²) in [6.45, 7) is 7.43. The third-order valence-electron chi connectivity index (χ3n) is 3.32. The smallest absolute Gasteiger partial charge is 0.225 e. The summed E-state index contributed by atoms with van der Waals surface area (Å²) in [5, 5.41) is 3.07. The Bertz CT molecular complexity index is 270.